The van der Waals surface area contributed by atoms with Gasteiger partial charge in [0.05, 0.1) is 11.5 Å². The number of nitrogens with two attached hydrogens (primary N) is 1. The molecule has 3 aromatic rings. The van der Waals surface area contributed by atoms with Gasteiger partial charge in [0.15, 0.2) is 5.76 Å². The Balaban J connectivity index is 1.68. The van der Waals surface area contributed by atoms with Gasteiger partial charge in [-0.05, 0) is 43.7 Å². The van der Waals surface area contributed by atoms with Crippen molar-refractivity contribution in [3.8, 4) is 11.6 Å². The molecule has 0 saturated carbocycles. The number of aromatic nitrogens is 3. The minimum atomic E-state index is -0.388. The highest BCUT2D eigenvalue weighted by molar-refractivity contribution is 8.00. The van der Waals surface area contributed by atoms with Crippen LogP contribution in [0, 0.1) is 6.92 Å². The number of anilines is 1. The van der Waals surface area contributed by atoms with Gasteiger partial charge in [-0.25, -0.2) is 4.68 Å². The monoisotopic (exact) mass is 343 g/mol. The zero-order valence-corrected chi connectivity index (χ0v) is 14.1. The van der Waals surface area contributed by atoms with Crippen molar-refractivity contribution in [1.82, 2.24) is 14.9 Å². The molecule has 0 spiro atoms. The number of benzene rings is 1. The number of rotatable bonds is 5. The van der Waals surface area contributed by atoms with Gasteiger partial charge in [-0.15, -0.1) is 10.2 Å². The zero-order valence-electron chi connectivity index (χ0n) is 13.3. The maximum Gasteiger partial charge on any atom is 0.237 e. The molecule has 1 amide bonds. The van der Waals surface area contributed by atoms with E-state index in [4.69, 9.17) is 10.3 Å². The third-order valence-corrected chi connectivity index (χ3v) is 4.40. The molecule has 3 rings (SSSR count). The van der Waals surface area contributed by atoms with Crippen molar-refractivity contribution in [3.63, 3.8) is 0 Å². The molecule has 0 bridgehead atoms. The van der Waals surface area contributed by atoms with E-state index in [1.807, 2.05) is 31.2 Å². The predicted molar refractivity (Wildman–Crippen MR) is 93.0 cm³/mol. The van der Waals surface area contributed by atoms with Gasteiger partial charge in [-0.2, -0.15) is 0 Å². The number of carbonyl (C=O) groups is 1. The molecule has 0 unspecified atom stereocenters. The van der Waals surface area contributed by atoms with E-state index in [2.05, 4.69) is 15.5 Å². The summed E-state index contributed by atoms with van der Waals surface area (Å²) in [6, 6.07) is 11.1. The number of carbonyl (C=O) groups excluding carboxylic acids is 1. The number of nitrogen functional groups attached to an aromatic ring is 1. The first-order chi connectivity index (χ1) is 11.5. The van der Waals surface area contributed by atoms with Crippen molar-refractivity contribution in [2.24, 2.45) is 0 Å². The Hall–Kier alpha value is -2.74. The molecule has 0 aliphatic carbocycles. The summed E-state index contributed by atoms with van der Waals surface area (Å²) in [7, 11) is 0. The largest absolute Gasteiger partial charge is 0.461 e. The molecule has 3 N–H and O–H groups in total. The normalized spacial score (nSPS) is 12.1. The van der Waals surface area contributed by atoms with Crippen LogP contribution in [-0.4, -0.2) is 26.0 Å². The number of nitrogens with one attached hydrogen (secondary N) is 1. The van der Waals surface area contributed by atoms with Gasteiger partial charge in [-0.3, -0.25) is 4.79 Å². The average Bonchev–Trinajstić information content (AvgIpc) is 3.18. The summed E-state index contributed by atoms with van der Waals surface area (Å²) in [5.41, 5.74) is 1.84. The zero-order chi connectivity index (χ0) is 17.1. The molecule has 2 heterocycles. The second-order valence-corrected chi connectivity index (χ2v) is 6.58. The van der Waals surface area contributed by atoms with Gasteiger partial charge in [0.1, 0.15) is 0 Å². The Kier molecular flexibility index (Phi) is 4.57. The molecule has 0 aliphatic heterocycles. The van der Waals surface area contributed by atoms with E-state index in [1.165, 1.54) is 22.7 Å². The van der Waals surface area contributed by atoms with E-state index in [0.29, 0.717) is 16.7 Å². The van der Waals surface area contributed by atoms with Crippen LogP contribution in [0.3, 0.4) is 0 Å². The summed E-state index contributed by atoms with van der Waals surface area (Å²) in [4.78, 5) is 12.3. The summed E-state index contributed by atoms with van der Waals surface area (Å²) in [6.07, 6.45) is 1.54. The van der Waals surface area contributed by atoms with Crippen LogP contribution < -0.4 is 11.2 Å². The van der Waals surface area contributed by atoms with Crippen LogP contribution in [0.1, 0.15) is 12.5 Å². The number of thioether (sulfide) groups is 1. The van der Waals surface area contributed by atoms with Gasteiger partial charge in [0, 0.05) is 5.69 Å². The summed E-state index contributed by atoms with van der Waals surface area (Å²) in [5.74, 6) is 6.80. The second kappa shape index (κ2) is 6.79. The van der Waals surface area contributed by atoms with E-state index in [1.54, 1.807) is 19.1 Å². The highest BCUT2D eigenvalue weighted by Gasteiger charge is 2.20. The molecule has 7 nitrogen and oxygen atoms in total. The minimum Gasteiger partial charge on any atom is -0.461 e. The van der Waals surface area contributed by atoms with Gasteiger partial charge >= 0.3 is 0 Å². The Labute approximate surface area is 143 Å². The van der Waals surface area contributed by atoms with E-state index in [-0.39, 0.29) is 11.2 Å². The third kappa shape index (κ3) is 3.43. The first-order valence-electron chi connectivity index (χ1n) is 7.33. The molecule has 124 valence electrons. The molecule has 0 aliphatic rings. The van der Waals surface area contributed by atoms with Crippen LogP contribution in [0.25, 0.3) is 11.6 Å². The summed E-state index contributed by atoms with van der Waals surface area (Å²) in [5, 5.41) is 11.0. The van der Waals surface area contributed by atoms with Gasteiger partial charge in [0.2, 0.25) is 16.9 Å². The van der Waals surface area contributed by atoms with Crippen molar-refractivity contribution in [1.29, 1.82) is 0 Å². The van der Waals surface area contributed by atoms with Crippen molar-refractivity contribution >= 4 is 23.4 Å². The summed E-state index contributed by atoms with van der Waals surface area (Å²) < 4.78 is 6.58. The van der Waals surface area contributed by atoms with Crippen molar-refractivity contribution in [3.05, 3.63) is 48.2 Å². The lowest BCUT2D eigenvalue weighted by molar-refractivity contribution is -0.115. The van der Waals surface area contributed by atoms with Gasteiger partial charge in [0.25, 0.3) is 0 Å². The fraction of sp³-hybridized carbons (Fsp3) is 0.188. The number of aryl methyl sites for hydroxylation is 1. The van der Waals surface area contributed by atoms with Crippen LogP contribution in [0.15, 0.2) is 52.2 Å². The van der Waals surface area contributed by atoms with E-state index < -0.39 is 0 Å². The second-order valence-electron chi connectivity index (χ2n) is 5.27. The van der Waals surface area contributed by atoms with E-state index >= 15 is 0 Å². The minimum absolute atomic E-state index is 0.131. The van der Waals surface area contributed by atoms with Crippen LogP contribution >= 0.6 is 11.8 Å². The lowest BCUT2D eigenvalue weighted by Crippen LogP contribution is -2.23. The average molecular weight is 343 g/mol. The molecule has 0 saturated heterocycles. The predicted octanol–water partition coefficient (Wildman–Crippen LogP) is 2.68. The Morgan fingerprint density at radius 1 is 1.33 bits per heavy atom. The SMILES string of the molecule is Cc1cccc(NC(=O)[C@H](C)Sc2nnc(-c3ccco3)n2N)c1. The Morgan fingerprint density at radius 3 is 2.88 bits per heavy atom. The van der Waals surface area contributed by atoms with Gasteiger partial charge in [-0.1, -0.05) is 23.9 Å². The number of nitrogens with zero attached hydrogens (tertiary/aromatic N) is 3. The fourth-order valence-electron chi connectivity index (χ4n) is 2.11. The van der Waals surface area contributed by atoms with Crippen LogP contribution in [0.4, 0.5) is 5.69 Å². The molecule has 24 heavy (non-hydrogen) atoms. The number of furan rings is 1. The number of hydrogen-bond donors (Lipinski definition) is 2. The first-order valence-corrected chi connectivity index (χ1v) is 8.21. The van der Waals surface area contributed by atoms with E-state index in [9.17, 15) is 4.79 Å². The quantitative estimate of drug-likeness (QED) is 0.546. The lowest BCUT2D eigenvalue weighted by atomic mass is 10.2. The van der Waals surface area contributed by atoms with Gasteiger partial charge < -0.3 is 15.6 Å². The maximum atomic E-state index is 12.3. The van der Waals surface area contributed by atoms with Crippen molar-refractivity contribution in [2.75, 3.05) is 11.2 Å². The summed E-state index contributed by atoms with van der Waals surface area (Å²) in [6.45, 7) is 3.76. The maximum absolute atomic E-state index is 12.3. The van der Waals surface area contributed by atoms with Crippen molar-refractivity contribution < 1.29 is 9.21 Å². The first kappa shape index (κ1) is 16.1. The molecule has 2 aromatic heterocycles. The summed E-state index contributed by atoms with van der Waals surface area (Å²) >= 11 is 1.23. The van der Waals surface area contributed by atoms with Crippen LogP contribution in [0.5, 0.6) is 0 Å². The molecule has 1 atom stereocenters. The topological polar surface area (TPSA) is 99.0 Å². The van der Waals surface area contributed by atoms with Crippen molar-refractivity contribution in [2.45, 2.75) is 24.3 Å². The molecule has 8 heteroatoms. The highest BCUT2D eigenvalue weighted by atomic mass is 32.2. The third-order valence-electron chi connectivity index (χ3n) is 3.34. The number of hydrogen-bond acceptors (Lipinski definition) is 6. The number of amides is 1. The molecule has 1 aromatic carbocycles. The van der Waals surface area contributed by atoms with Crippen LogP contribution in [0.2, 0.25) is 0 Å². The Morgan fingerprint density at radius 2 is 2.17 bits per heavy atom. The molecule has 0 fully saturated rings. The lowest BCUT2D eigenvalue weighted by Gasteiger charge is -2.11. The van der Waals surface area contributed by atoms with Crippen LogP contribution in [-0.2, 0) is 4.79 Å². The molecular formula is C16H17N5O2S. The van der Waals surface area contributed by atoms with E-state index in [0.717, 1.165) is 11.3 Å². The fourth-order valence-corrected chi connectivity index (χ4v) is 2.88. The standard InChI is InChI=1S/C16H17N5O2S/c1-10-5-3-6-12(9-10)18-15(22)11(2)24-16-20-19-14(21(16)17)13-7-4-8-23-13/h3-9,11H,17H2,1-2H3,(H,18,22)/t11-/m0/s1. The molecule has 0 radical (unpaired) electrons. The molecular weight excluding hydrogens is 326 g/mol. The Bertz CT molecular complexity index is 844. The smallest absolute Gasteiger partial charge is 0.237 e. The highest BCUT2D eigenvalue weighted by Crippen LogP contribution is 2.25.